The molecule has 0 spiro atoms. The van der Waals surface area contributed by atoms with Crippen molar-refractivity contribution in [3.8, 4) is 0 Å². The number of anilines is 1. The van der Waals surface area contributed by atoms with Crippen molar-refractivity contribution in [1.29, 1.82) is 0 Å². The maximum Gasteiger partial charge on any atom is 0.281 e. The molecular formula is C19H18Cl2N8OS. The van der Waals surface area contributed by atoms with Gasteiger partial charge in [0.15, 0.2) is 11.6 Å². The minimum Gasteiger partial charge on any atom is -0.358 e. The van der Waals surface area contributed by atoms with Crippen LogP contribution in [0.3, 0.4) is 0 Å². The summed E-state index contributed by atoms with van der Waals surface area (Å²) in [4.78, 5) is 32.1. The van der Waals surface area contributed by atoms with Crippen LogP contribution in [0, 0.1) is 0 Å². The van der Waals surface area contributed by atoms with Crippen molar-refractivity contribution in [3.63, 3.8) is 0 Å². The molecule has 0 bridgehead atoms. The monoisotopic (exact) mass is 476 g/mol. The van der Waals surface area contributed by atoms with Crippen LogP contribution >= 0.6 is 34.5 Å². The molecule has 0 radical (unpaired) electrons. The number of hydrogen-bond acceptors (Lipinski definition) is 9. The molecule has 1 unspecified atom stereocenters. The first-order valence-electron chi connectivity index (χ1n) is 9.72. The molecule has 1 fully saturated rings. The normalized spacial score (nSPS) is 15.5. The SMILES string of the molecule is CC(Nc1ncnc2scnc12)c1nc2c(Cl)ccc(Cl)c2c(=O)n1N1CCNCC1. The van der Waals surface area contributed by atoms with Crippen molar-refractivity contribution in [2.45, 2.75) is 13.0 Å². The van der Waals surface area contributed by atoms with Gasteiger partial charge in [0.25, 0.3) is 5.56 Å². The maximum absolute atomic E-state index is 13.6. The number of nitrogens with zero attached hydrogens (tertiary/aromatic N) is 6. The number of halogens is 2. The third kappa shape index (κ3) is 3.59. The summed E-state index contributed by atoms with van der Waals surface area (Å²) in [5.41, 5.74) is 2.54. The lowest BCUT2D eigenvalue weighted by Gasteiger charge is -2.33. The fourth-order valence-electron chi connectivity index (χ4n) is 3.70. The van der Waals surface area contributed by atoms with Crippen LogP contribution < -0.4 is 21.2 Å². The maximum atomic E-state index is 13.6. The first kappa shape index (κ1) is 20.4. The summed E-state index contributed by atoms with van der Waals surface area (Å²) in [6, 6.07) is 2.90. The Hall–Kier alpha value is -2.53. The Morgan fingerprint density at radius 1 is 1.13 bits per heavy atom. The zero-order chi connectivity index (χ0) is 21.5. The molecule has 4 aromatic rings. The third-order valence-corrected chi connectivity index (χ3v) is 6.53. The topological polar surface area (TPSA) is 101 Å². The molecule has 12 heteroatoms. The van der Waals surface area contributed by atoms with Crippen LogP contribution in [0.15, 0.2) is 28.8 Å². The molecule has 2 N–H and O–H groups in total. The van der Waals surface area contributed by atoms with Crippen LogP contribution in [0.25, 0.3) is 21.3 Å². The van der Waals surface area contributed by atoms with Gasteiger partial charge in [-0.25, -0.2) is 24.6 Å². The first-order valence-corrected chi connectivity index (χ1v) is 11.4. The summed E-state index contributed by atoms with van der Waals surface area (Å²) in [6.07, 6.45) is 1.49. The van der Waals surface area contributed by atoms with Gasteiger partial charge >= 0.3 is 0 Å². The Morgan fingerprint density at radius 2 is 1.90 bits per heavy atom. The minimum absolute atomic E-state index is 0.246. The molecule has 5 rings (SSSR count). The highest BCUT2D eigenvalue weighted by atomic mass is 35.5. The molecule has 0 amide bonds. The molecule has 1 aliphatic rings. The molecule has 1 aromatic carbocycles. The molecule has 9 nitrogen and oxygen atoms in total. The number of aromatic nitrogens is 5. The van der Waals surface area contributed by atoms with E-state index >= 15 is 0 Å². The highest BCUT2D eigenvalue weighted by Gasteiger charge is 2.25. The van der Waals surface area contributed by atoms with Gasteiger partial charge in [0.1, 0.15) is 16.7 Å². The number of hydrogen-bond donors (Lipinski definition) is 2. The molecule has 160 valence electrons. The first-order chi connectivity index (χ1) is 15.0. The second-order valence-corrected chi connectivity index (χ2v) is 8.79. The summed E-state index contributed by atoms with van der Waals surface area (Å²) in [5.74, 6) is 1.10. The average Bonchev–Trinajstić information content (AvgIpc) is 3.26. The smallest absolute Gasteiger partial charge is 0.281 e. The second-order valence-electron chi connectivity index (χ2n) is 7.14. The summed E-state index contributed by atoms with van der Waals surface area (Å²) in [5, 5.41) is 9.64. The largest absolute Gasteiger partial charge is 0.358 e. The van der Waals surface area contributed by atoms with Crippen molar-refractivity contribution in [3.05, 3.63) is 50.2 Å². The Labute approximate surface area is 191 Å². The Morgan fingerprint density at radius 3 is 2.71 bits per heavy atom. The minimum atomic E-state index is -0.373. The van der Waals surface area contributed by atoms with Crippen molar-refractivity contribution in [2.75, 3.05) is 36.5 Å². The highest BCUT2D eigenvalue weighted by Crippen LogP contribution is 2.29. The average molecular weight is 477 g/mol. The van der Waals surface area contributed by atoms with E-state index in [4.69, 9.17) is 28.2 Å². The molecule has 31 heavy (non-hydrogen) atoms. The van der Waals surface area contributed by atoms with E-state index in [2.05, 4.69) is 25.6 Å². The predicted molar refractivity (Wildman–Crippen MR) is 124 cm³/mol. The van der Waals surface area contributed by atoms with E-state index in [0.717, 1.165) is 17.9 Å². The van der Waals surface area contributed by atoms with Crippen molar-refractivity contribution in [2.24, 2.45) is 0 Å². The van der Waals surface area contributed by atoms with Crippen LogP contribution in [-0.4, -0.2) is 50.8 Å². The van der Waals surface area contributed by atoms with Gasteiger partial charge in [0, 0.05) is 26.2 Å². The van der Waals surface area contributed by atoms with E-state index in [1.54, 1.807) is 22.3 Å². The second kappa shape index (κ2) is 8.19. The highest BCUT2D eigenvalue weighted by molar-refractivity contribution is 7.16. The molecule has 1 atom stereocenters. The Kier molecular flexibility index (Phi) is 5.39. The van der Waals surface area contributed by atoms with Crippen LogP contribution in [-0.2, 0) is 0 Å². The van der Waals surface area contributed by atoms with Gasteiger partial charge in [0.05, 0.1) is 32.5 Å². The molecule has 3 aromatic heterocycles. The van der Waals surface area contributed by atoms with Crippen LogP contribution in [0.4, 0.5) is 5.82 Å². The lowest BCUT2D eigenvalue weighted by atomic mass is 10.2. The van der Waals surface area contributed by atoms with Gasteiger partial charge in [-0.2, -0.15) is 0 Å². The fraction of sp³-hybridized carbons (Fsp3) is 0.316. The predicted octanol–water partition coefficient (Wildman–Crippen LogP) is 2.82. The van der Waals surface area contributed by atoms with E-state index in [1.165, 1.54) is 17.7 Å². The van der Waals surface area contributed by atoms with Crippen LogP contribution in [0.1, 0.15) is 18.8 Å². The van der Waals surface area contributed by atoms with E-state index in [9.17, 15) is 4.79 Å². The van der Waals surface area contributed by atoms with Gasteiger partial charge < -0.3 is 15.6 Å². The van der Waals surface area contributed by atoms with Gasteiger partial charge in [-0.15, -0.1) is 11.3 Å². The summed E-state index contributed by atoms with van der Waals surface area (Å²) >= 11 is 14.2. The molecular weight excluding hydrogens is 459 g/mol. The quantitative estimate of drug-likeness (QED) is 0.463. The molecule has 0 aliphatic carbocycles. The summed E-state index contributed by atoms with van der Waals surface area (Å²) in [6.45, 7) is 4.77. The fourth-order valence-corrected chi connectivity index (χ4v) is 4.76. The van der Waals surface area contributed by atoms with E-state index in [1.807, 2.05) is 11.9 Å². The molecule has 1 saturated heterocycles. The summed E-state index contributed by atoms with van der Waals surface area (Å²) in [7, 11) is 0. The van der Waals surface area contributed by atoms with Gasteiger partial charge in [-0.05, 0) is 19.1 Å². The molecule has 0 saturated carbocycles. The molecule has 1 aliphatic heterocycles. The van der Waals surface area contributed by atoms with Crippen LogP contribution in [0.2, 0.25) is 10.0 Å². The van der Waals surface area contributed by atoms with E-state index in [-0.39, 0.29) is 11.6 Å². The van der Waals surface area contributed by atoms with Gasteiger partial charge in [0.2, 0.25) is 0 Å². The number of fused-ring (bicyclic) bond motifs is 2. The Balaban J connectivity index is 1.68. The number of nitrogens with one attached hydrogen (secondary N) is 2. The molecule has 4 heterocycles. The summed E-state index contributed by atoms with van der Waals surface area (Å²) < 4.78 is 1.61. The van der Waals surface area contributed by atoms with E-state index in [0.29, 0.717) is 51.2 Å². The van der Waals surface area contributed by atoms with Crippen molar-refractivity contribution >= 4 is 61.6 Å². The van der Waals surface area contributed by atoms with Crippen LogP contribution in [0.5, 0.6) is 0 Å². The lowest BCUT2D eigenvalue weighted by Crippen LogP contribution is -2.54. The zero-order valence-electron chi connectivity index (χ0n) is 16.5. The van der Waals surface area contributed by atoms with Gasteiger partial charge in [-0.1, -0.05) is 23.2 Å². The van der Waals surface area contributed by atoms with Crippen molar-refractivity contribution < 1.29 is 0 Å². The Bertz CT molecular complexity index is 1330. The number of benzene rings is 1. The lowest BCUT2D eigenvalue weighted by molar-refractivity contribution is 0.461. The number of piperazine rings is 1. The van der Waals surface area contributed by atoms with Crippen molar-refractivity contribution in [1.82, 2.24) is 29.9 Å². The standard InChI is InChI=1S/C19H18Cl2N8OS/c1-10(26-16-15-18(24-8-23-16)31-9-25-15)17-27-14-12(21)3-2-11(20)13(14)19(30)29(17)28-6-4-22-5-7-28/h2-3,8-10,22H,4-7H2,1H3,(H,23,24,26). The number of rotatable bonds is 4. The zero-order valence-corrected chi connectivity index (χ0v) is 18.8. The van der Waals surface area contributed by atoms with Gasteiger partial charge in [-0.3, -0.25) is 4.79 Å². The third-order valence-electron chi connectivity index (χ3n) is 5.18. The number of thiazole rings is 1. The van der Waals surface area contributed by atoms with E-state index < -0.39 is 0 Å².